The van der Waals surface area contributed by atoms with Crippen LogP contribution in [0.5, 0.6) is 0 Å². The first-order chi connectivity index (χ1) is 10.8. The van der Waals surface area contributed by atoms with E-state index in [1.54, 1.807) is 0 Å². The molecule has 116 valence electrons. The summed E-state index contributed by atoms with van der Waals surface area (Å²) in [5.74, 6) is 0. The highest BCUT2D eigenvalue weighted by molar-refractivity contribution is 7.78. The van der Waals surface area contributed by atoms with Crippen molar-refractivity contribution in [1.82, 2.24) is 0 Å². The zero-order valence-corrected chi connectivity index (χ0v) is 14.2. The molecule has 0 atom stereocenters. The minimum Gasteiger partial charge on any atom is -0.314 e. The molecule has 0 unspecified atom stereocenters. The van der Waals surface area contributed by atoms with Crippen LogP contribution < -0.4 is 10.6 Å². The van der Waals surface area contributed by atoms with Gasteiger partial charge in [-0.3, -0.25) is 0 Å². The second-order valence-electron chi connectivity index (χ2n) is 5.54. The Bertz CT molecular complexity index is 573. The molecule has 2 rings (SSSR count). The summed E-state index contributed by atoms with van der Waals surface area (Å²) in [6.45, 7) is 2.18. The fraction of sp³-hybridized carbons (Fsp3) is 0.300. The Hall–Kier alpha value is -1.59. The van der Waals surface area contributed by atoms with Gasteiger partial charge in [0.1, 0.15) is 7.14 Å². The van der Waals surface area contributed by atoms with Gasteiger partial charge in [-0.2, -0.15) is 0 Å². The molecule has 2 aromatic rings. The summed E-state index contributed by atoms with van der Waals surface area (Å²) >= 11 is 0. The molecule has 0 spiro atoms. The van der Waals surface area contributed by atoms with Crippen molar-refractivity contribution in [3.63, 3.8) is 0 Å². The summed E-state index contributed by atoms with van der Waals surface area (Å²) in [6.07, 6.45) is 9.47. The van der Waals surface area contributed by atoms with Crippen molar-refractivity contribution in [1.29, 1.82) is 0 Å². The summed E-state index contributed by atoms with van der Waals surface area (Å²) in [4.78, 5) is 0. The Kier molecular flexibility index (Phi) is 6.68. The van der Waals surface area contributed by atoms with E-state index >= 15 is 0 Å². The Morgan fingerprint density at radius 1 is 0.818 bits per heavy atom. The lowest BCUT2D eigenvalue weighted by atomic mass is 10.2. The van der Waals surface area contributed by atoms with Crippen LogP contribution in [-0.4, -0.2) is 6.16 Å². The van der Waals surface area contributed by atoms with Crippen LogP contribution >= 0.6 is 7.14 Å². The molecule has 0 aliphatic heterocycles. The van der Waals surface area contributed by atoms with Crippen LogP contribution in [0, 0.1) is 0 Å². The molecule has 0 saturated carbocycles. The molecule has 0 fully saturated rings. The van der Waals surface area contributed by atoms with Gasteiger partial charge in [-0.05, 0) is 19.3 Å². The molecule has 0 N–H and O–H groups in total. The van der Waals surface area contributed by atoms with E-state index in [1.807, 2.05) is 60.7 Å². The molecule has 0 saturated heterocycles. The maximum Gasteiger partial charge on any atom is 0.143 e. The smallest absolute Gasteiger partial charge is 0.143 e. The predicted octanol–water partition coefficient (Wildman–Crippen LogP) is 5.14. The first-order valence-corrected chi connectivity index (χ1v) is 10.0. The molecule has 0 aromatic heterocycles. The molecule has 22 heavy (non-hydrogen) atoms. The van der Waals surface area contributed by atoms with Crippen molar-refractivity contribution in [3.8, 4) is 0 Å². The van der Waals surface area contributed by atoms with Crippen LogP contribution in [0.1, 0.15) is 32.6 Å². The van der Waals surface area contributed by atoms with Gasteiger partial charge in [-0.15, -0.1) is 0 Å². The summed E-state index contributed by atoms with van der Waals surface area (Å²) in [6, 6.07) is 19.9. The SMILES string of the molecule is CCC/C=C/CCCP(=O)(c1ccccc1)c1ccccc1. The molecule has 2 heteroatoms. The van der Waals surface area contributed by atoms with Crippen LogP contribution in [0.3, 0.4) is 0 Å². The topological polar surface area (TPSA) is 17.1 Å². The lowest BCUT2D eigenvalue weighted by Crippen LogP contribution is -2.18. The summed E-state index contributed by atoms with van der Waals surface area (Å²) in [7, 11) is -2.51. The Morgan fingerprint density at radius 3 is 1.82 bits per heavy atom. The molecule has 0 aliphatic rings. The monoisotopic (exact) mass is 312 g/mol. The molecule has 0 amide bonds. The van der Waals surface area contributed by atoms with Gasteiger partial charge in [0.05, 0.1) is 0 Å². The highest BCUT2D eigenvalue weighted by Gasteiger charge is 2.25. The van der Waals surface area contributed by atoms with Gasteiger partial charge in [0.15, 0.2) is 0 Å². The Labute approximate surface area is 134 Å². The number of hydrogen-bond acceptors (Lipinski definition) is 1. The van der Waals surface area contributed by atoms with E-state index in [0.29, 0.717) is 0 Å². The van der Waals surface area contributed by atoms with Crippen LogP contribution in [-0.2, 0) is 4.57 Å². The van der Waals surface area contributed by atoms with E-state index in [4.69, 9.17) is 0 Å². The third-order valence-electron chi connectivity index (χ3n) is 3.81. The highest BCUT2D eigenvalue weighted by atomic mass is 31.2. The predicted molar refractivity (Wildman–Crippen MR) is 97.9 cm³/mol. The minimum atomic E-state index is -2.51. The average Bonchev–Trinajstić information content (AvgIpc) is 2.59. The van der Waals surface area contributed by atoms with Crippen LogP contribution in [0.25, 0.3) is 0 Å². The van der Waals surface area contributed by atoms with Crippen molar-refractivity contribution in [3.05, 3.63) is 72.8 Å². The first-order valence-electron chi connectivity index (χ1n) is 8.12. The van der Waals surface area contributed by atoms with Crippen molar-refractivity contribution < 1.29 is 4.57 Å². The molecule has 0 radical (unpaired) electrons. The third-order valence-corrected chi connectivity index (χ3v) is 7.02. The quantitative estimate of drug-likeness (QED) is 0.375. The first kappa shape index (κ1) is 16.8. The molecular weight excluding hydrogens is 287 g/mol. The number of hydrogen-bond donors (Lipinski definition) is 0. The third kappa shape index (κ3) is 4.45. The van der Waals surface area contributed by atoms with Crippen LogP contribution in [0.4, 0.5) is 0 Å². The molecule has 0 aliphatic carbocycles. The Morgan fingerprint density at radius 2 is 1.32 bits per heavy atom. The van der Waals surface area contributed by atoms with E-state index in [-0.39, 0.29) is 0 Å². The lowest BCUT2D eigenvalue weighted by molar-refractivity contribution is 0.585. The zero-order valence-electron chi connectivity index (χ0n) is 13.3. The van der Waals surface area contributed by atoms with Crippen molar-refractivity contribution >= 4 is 17.8 Å². The fourth-order valence-electron chi connectivity index (χ4n) is 2.58. The molecule has 1 nitrogen and oxygen atoms in total. The maximum atomic E-state index is 13.7. The van der Waals surface area contributed by atoms with Gasteiger partial charge in [0.2, 0.25) is 0 Å². The average molecular weight is 312 g/mol. The second-order valence-corrected chi connectivity index (χ2v) is 8.50. The van der Waals surface area contributed by atoms with Gasteiger partial charge >= 0.3 is 0 Å². The number of unbranched alkanes of at least 4 members (excludes halogenated alkanes) is 2. The number of rotatable bonds is 8. The van der Waals surface area contributed by atoms with E-state index < -0.39 is 7.14 Å². The summed E-state index contributed by atoms with van der Waals surface area (Å²) in [5, 5.41) is 1.94. The van der Waals surface area contributed by atoms with Crippen LogP contribution in [0.15, 0.2) is 72.8 Å². The van der Waals surface area contributed by atoms with Gasteiger partial charge in [0.25, 0.3) is 0 Å². The van der Waals surface area contributed by atoms with Crippen molar-refractivity contribution in [2.75, 3.05) is 6.16 Å². The van der Waals surface area contributed by atoms with Gasteiger partial charge in [-0.25, -0.2) is 0 Å². The minimum absolute atomic E-state index is 0.734. The normalized spacial score (nSPS) is 11.9. The number of benzene rings is 2. The van der Waals surface area contributed by atoms with Gasteiger partial charge in [-0.1, -0.05) is 86.2 Å². The lowest BCUT2D eigenvalue weighted by Gasteiger charge is -2.19. The van der Waals surface area contributed by atoms with E-state index in [1.165, 1.54) is 6.42 Å². The number of allylic oxidation sites excluding steroid dienone is 2. The second kappa shape index (κ2) is 8.76. The summed E-state index contributed by atoms with van der Waals surface area (Å²) < 4.78 is 13.7. The Balaban J connectivity index is 2.15. The highest BCUT2D eigenvalue weighted by Crippen LogP contribution is 2.44. The molecule has 0 heterocycles. The summed E-state index contributed by atoms with van der Waals surface area (Å²) in [5.41, 5.74) is 0. The fourth-order valence-corrected chi connectivity index (χ4v) is 5.33. The van der Waals surface area contributed by atoms with E-state index in [2.05, 4.69) is 19.1 Å². The van der Waals surface area contributed by atoms with E-state index in [9.17, 15) is 4.57 Å². The van der Waals surface area contributed by atoms with Crippen LogP contribution in [0.2, 0.25) is 0 Å². The molecule has 2 aromatic carbocycles. The maximum absolute atomic E-state index is 13.7. The molecular formula is C20H25OP. The zero-order chi connectivity index (χ0) is 15.7. The van der Waals surface area contributed by atoms with Gasteiger partial charge in [0, 0.05) is 16.8 Å². The van der Waals surface area contributed by atoms with E-state index in [0.717, 1.165) is 36.0 Å². The van der Waals surface area contributed by atoms with Crippen molar-refractivity contribution in [2.24, 2.45) is 0 Å². The largest absolute Gasteiger partial charge is 0.314 e. The standard InChI is InChI=1S/C20H25OP/c1-2-3-4-5-6-13-18-22(21,19-14-9-7-10-15-19)20-16-11-8-12-17-20/h4-5,7-12,14-17H,2-3,6,13,18H2,1H3/b5-4+. The van der Waals surface area contributed by atoms with Crippen molar-refractivity contribution in [2.45, 2.75) is 32.6 Å². The molecule has 0 bridgehead atoms. The van der Waals surface area contributed by atoms with Gasteiger partial charge < -0.3 is 4.57 Å².